The van der Waals surface area contributed by atoms with Crippen LogP contribution in [0.3, 0.4) is 0 Å². The van der Waals surface area contributed by atoms with Crippen LogP contribution in [-0.2, 0) is 26.0 Å². The molecule has 1 unspecified atom stereocenters. The van der Waals surface area contributed by atoms with E-state index < -0.39 is 16.1 Å². The highest BCUT2D eigenvalue weighted by Gasteiger charge is 2.28. The molecular weight excluding hydrogens is 526 g/mol. The van der Waals surface area contributed by atoms with E-state index in [-0.39, 0.29) is 31.2 Å². The van der Waals surface area contributed by atoms with E-state index in [1.807, 2.05) is 51.1 Å². The van der Waals surface area contributed by atoms with Gasteiger partial charge in [-0.1, -0.05) is 62.7 Å². The van der Waals surface area contributed by atoms with Gasteiger partial charge in [0.15, 0.2) is 0 Å². The van der Waals surface area contributed by atoms with Crippen LogP contribution < -0.4 is 14.4 Å². The number of benzene rings is 2. The monoisotopic (exact) mass is 565 g/mol. The number of carbonyl (C=O) groups is 2. The Bertz CT molecular complexity index is 1160. The van der Waals surface area contributed by atoms with Crippen molar-refractivity contribution in [3.05, 3.63) is 59.1 Å². The first kappa shape index (κ1) is 31.4. The van der Waals surface area contributed by atoms with Crippen LogP contribution >= 0.6 is 11.6 Å². The highest BCUT2D eigenvalue weighted by molar-refractivity contribution is 7.92. The van der Waals surface area contributed by atoms with E-state index in [0.717, 1.165) is 11.8 Å². The van der Waals surface area contributed by atoms with E-state index in [2.05, 4.69) is 5.32 Å². The third kappa shape index (κ3) is 9.51. The number of ether oxygens (including phenoxy) is 1. The lowest BCUT2D eigenvalue weighted by molar-refractivity contribution is -0.140. The first-order valence-corrected chi connectivity index (χ1v) is 15.1. The summed E-state index contributed by atoms with van der Waals surface area (Å²) < 4.78 is 31.5. The first-order valence-electron chi connectivity index (χ1n) is 12.9. The van der Waals surface area contributed by atoms with E-state index in [9.17, 15) is 18.0 Å². The SMILES string of the molecule is CCC(C(=O)NCC(C)C)N(CCc1ccccc1)C(=O)CCCN(c1ccc(OC)c(Cl)c1)S(C)(=O)=O. The Morgan fingerprint density at radius 1 is 1.08 bits per heavy atom. The van der Waals surface area contributed by atoms with Crippen molar-refractivity contribution in [2.24, 2.45) is 5.92 Å². The third-order valence-corrected chi connectivity index (χ3v) is 7.62. The van der Waals surface area contributed by atoms with E-state index in [4.69, 9.17) is 16.3 Å². The maximum absolute atomic E-state index is 13.5. The van der Waals surface area contributed by atoms with Gasteiger partial charge in [0, 0.05) is 26.1 Å². The Hall–Kier alpha value is -2.78. The molecule has 0 bridgehead atoms. The molecule has 0 aliphatic carbocycles. The molecule has 0 saturated heterocycles. The molecular formula is C28H40ClN3O5S. The molecule has 0 spiro atoms. The summed E-state index contributed by atoms with van der Waals surface area (Å²) >= 11 is 6.22. The first-order chi connectivity index (χ1) is 18.0. The number of halogens is 1. The van der Waals surface area contributed by atoms with Gasteiger partial charge in [-0.3, -0.25) is 13.9 Å². The van der Waals surface area contributed by atoms with Crippen LogP contribution in [0.2, 0.25) is 5.02 Å². The number of methoxy groups -OCH3 is 1. The lowest BCUT2D eigenvalue weighted by atomic mass is 10.1. The van der Waals surface area contributed by atoms with E-state index in [1.165, 1.54) is 17.5 Å². The maximum Gasteiger partial charge on any atom is 0.242 e. The van der Waals surface area contributed by atoms with Gasteiger partial charge >= 0.3 is 0 Å². The lowest BCUT2D eigenvalue weighted by Gasteiger charge is -2.31. The summed E-state index contributed by atoms with van der Waals surface area (Å²) in [6, 6.07) is 14.0. The molecule has 2 aromatic carbocycles. The third-order valence-electron chi connectivity index (χ3n) is 6.13. The standard InChI is InChI=1S/C28H40ClN3O5S/c1-6-25(28(34)30-20-21(2)3)31(18-16-22-11-8-7-9-12-22)27(33)13-10-17-32(38(5,35)36)23-14-15-26(37-4)24(29)19-23/h7-9,11-12,14-15,19,21,25H,6,10,13,16-18,20H2,1-5H3,(H,30,34). The summed E-state index contributed by atoms with van der Waals surface area (Å²) in [6.07, 6.45) is 2.58. The van der Waals surface area contributed by atoms with Crippen molar-refractivity contribution >= 4 is 39.1 Å². The summed E-state index contributed by atoms with van der Waals surface area (Å²) in [5, 5.41) is 3.25. The highest BCUT2D eigenvalue weighted by Crippen LogP contribution is 2.30. The molecule has 2 amide bonds. The Morgan fingerprint density at radius 3 is 2.32 bits per heavy atom. The molecule has 0 aliphatic rings. The van der Waals surface area contributed by atoms with Gasteiger partial charge in [0.1, 0.15) is 11.8 Å². The fourth-order valence-corrected chi connectivity index (χ4v) is 5.34. The number of sulfonamides is 1. The van der Waals surface area contributed by atoms with Crippen LogP contribution in [0.15, 0.2) is 48.5 Å². The summed E-state index contributed by atoms with van der Waals surface area (Å²) in [7, 11) is -2.14. The molecule has 8 nitrogen and oxygen atoms in total. The zero-order chi connectivity index (χ0) is 28.3. The number of nitrogens with zero attached hydrogens (tertiary/aromatic N) is 2. The van der Waals surface area contributed by atoms with Gasteiger partial charge in [0.2, 0.25) is 21.8 Å². The topological polar surface area (TPSA) is 96.0 Å². The molecule has 0 fully saturated rings. The minimum Gasteiger partial charge on any atom is -0.495 e. The van der Waals surface area contributed by atoms with Crippen molar-refractivity contribution in [1.29, 1.82) is 0 Å². The van der Waals surface area contributed by atoms with Crippen LogP contribution in [0.4, 0.5) is 5.69 Å². The molecule has 0 aliphatic heterocycles. The predicted molar refractivity (Wildman–Crippen MR) is 153 cm³/mol. The number of anilines is 1. The van der Waals surface area contributed by atoms with E-state index in [1.54, 1.807) is 17.0 Å². The van der Waals surface area contributed by atoms with Crippen molar-refractivity contribution in [2.75, 3.05) is 37.3 Å². The molecule has 0 aromatic heterocycles. The Labute approximate surface area is 232 Å². The van der Waals surface area contributed by atoms with Crippen molar-refractivity contribution in [3.8, 4) is 5.75 Å². The van der Waals surface area contributed by atoms with Gasteiger partial charge in [-0.15, -0.1) is 0 Å². The number of hydrogen-bond donors (Lipinski definition) is 1. The lowest BCUT2D eigenvalue weighted by Crippen LogP contribution is -2.50. The molecule has 38 heavy (non-hydrogen) atoms. The van der Waals surface area contributed by atoms with Crippen LogP contribution in [0, 0.1) is 5.92 Å². The highest BCUT2D eigenvalue weighted by atomic mass is 35.5. The van der Waals surface area contributed by atoms with Gasteiger partial charge in [-0.2, -0.15) is 0 Å². The van der Waals surface area contributed by atoms with Crippen molar-refractivity contribution in [3.63, 3.8) is 0 Å². The summed E-state index contributed by atoms with van der Waals surface area (Å²) in [6.45, 7) is 6.94. The zero-order valence-corrected chi connectivity index (χ0v) is 24.5. The number of hydrogen-bond acceptors (Lipinski definition) is 5. The Morgan fingerprint density at radius 2 is 1.76 bits per heavy atom. The van der Waals surface area contributed by atoms with Gasteiger partial charge in [0.25, 0.3) is 0 Å². The number of rotatable bonds is 15. The molecule has 10 heteroatoms. The maximum atomic E-state index is 13.5. The summed E-state index contributed by atoms with van der Waals surface area (Å²) in [5.41, 5.74) is 1.47. The van der Waals surface area contributed by atoms with Crippen LogP contribution in [-0.4, -0.2) is 64.2 Å². The Kier molecular flexibility index (Phi) is 12.4. The number of carbonyl (C=O) groups excluding carboxylic acids is 2. The fourth-order valence-electron chi connectivity index (χ4n) is 4.13. The van der Waals surface area contributed by atoms with Crippen molar-refractivity contribution in [1.82, 2.24) is 10.2 Å². The van der Waals surface area contributed by atoms with Crippen molar-refractivity contribution in [2.45, 2.75) is 52.5 Å². The van der Waals surface area contributed by atoms with Crippen LogP contribution in [0.5, 0.6) is 5.75 Å². The smallest absolute Gasteiger partial charge is 0.242 e. The fraction of sp³-hybridized carbons (Fsp3) is 0.500. The van der Waals surface area contributed by atoms with Gasteiger partial charge in [-0.05, 0) is 48.9 Å². The second-order valence-electron chi connectivity index (χ2n) is 9.64. The average molecular weight is 566 g/mol. The molecule has 1 atom stereocenters. The van der Waals surface area contributed by atoms with E-state index >= 15 is 0 Å². The largest absolute Gasteiger partial charge is 0.495 e. The molecule has 0 heterocycles. The molecule has 0 radical (unpaired) electrons. The second kappa shape index (κ2) is 15.0. The van der Waals surface area contributed by atoms with Crippen LogP contribution in [0.1, 0.15) is 45.6 Å². The molecule has 210 valence electrons. The van der Waals surface area contributed by atoms with Crippen molar-refractivity contribution < 1.29 is 22.7 Å². The Balaban J connectivity index is 2.17. The molecule has 2 aromatic rings. The minimum absolute atomic E-state index is 0.0933. The average Bonchev–Trinajstić information content (AvgIpc) is 2.87. The zero-order valence-electron chi connectivity index (χ0n) is 22.9. The molecule has 0 saturated carbocycles. The van der Waals surface area contributed by atoms with Gasteiger partial charge in [-0.25, -0.2) is 8.42 Å². The van der Waals surface area contributed by atoms with Gasteiger partial charge in [0.05, 0.1) is 24.1 Å². The van der Waals surface area contributed by atoms with E-state index in [0.29, 0.717) is 48.3 Å². The summed E-state index contributed by atoms with van der Waals surface area (Å²) in [5.74, 6) is 0.370. The second-order valence-corrected chi connectivity index (χ2v) is 12.0. The number of amides is 2. The molecule has 1 N–H and O–H groups in total. The minimum atomic E-state index is -3.62. The normalized spacial score (nSPS) is 12.2. The quantitative estimate of drug-likeness (QED) is 0.342. The number of nitrogens with one attached hydrogen (secondary N) is 1. The van der Waals surface area contributed by atoms with Crippen LogP contribution in [0.25, 0.3) is 0 Å². The predicted octanol–water partition coefficient (Wildman–Crippen LogP) is 4.52. The summed E-state index contributed by atoms with van der Waals surface area (Å²) in [4.78, 5) is 28.1. The molecule has 2 rings (SSSR count). The van der Waals surface area contributed by atoms with Gasteiger partial charge < -0.3 is 15.0 Å².